The van der Waals surface area contributed by atoms with Gasteiger partial charge in [0.05, 0.1) is 6.54 Å². The maximum absolute atomic E-state index is 11.7. The minimum Gasteiger partial charge on any atom is -0.345 e. The third-order valence-electron chi connectivity index (χ3n) is 3.18. The van der Waals surface area contributed by atoms with Crippen LogP contribution in [0.3, 0.4) is 0 Å². The SMILES string of the molecule is O=C1CCC(C(=O)NCC(=O)N2CCCC2)N1. The van der Waals surface area contributed by atoms with E-state index >= 15 is 0 Å². The van der Waals surface area contributed by atoms with Crippen LogP contribution >= 0.6 is 0 Å². The van der Waals surface area contributed by atoms with Crippen LogP contribution in [0, 0.1) is 0 Å². The highest BCUT2D eigenvalue weighted by atomic mass is 16.2. The number of rotatable bonds is 3. The van der Waals surface area contributed by atoms with Crippen LogP contribution in [0.2, 0.25) is 0 Å². The van der Waals surface area contributed by atoms with Gasteiger partial charge in [0.25, 0.3) is 0 Å². The number of likely N-dealkylation sites (tertiary alicyclic amines) is 1. The molecule has 94 valence electrons. The molecular formula is C11H17N3O3. The predicted molar refractivity (Wildman–Crippen MR) is 60.0 cm³/mol. The van der Waals surface area contributed by atoms with Gasteiger partial charge in [-0.25, -0.2) is 0 Å². The van der Waals surface area contributed by atoms with Crippen molar-refractivity contribution in [2.45, 2.75) is 31.7 Å². The van der Waals surface area contributed by atoms with Crippen LogP contribution in [-0.2, 0) is 14.4 Å². The highest BCUT2D eigenvalue weighted by molar-refractivity contribution is 5.92. The van der Waals surface area contributed by atoms with Crippen LogP contribution in [0.25, 0.3) is 0 Å². The van der Waals surface area contributed by atoms with E-state index in [9.17, 15) is 14.4 Å². The highest BCUT2D eigenvalue weighted by Gasteiger charge is 2.27. The first-order valence-corrected chi connectivity index (χ1v) is 6.01. The monoisotopic (exact) mass is 239 g/mol. The maximum atomic E-state index is 11.7. The van der Waals surface area contributed by atoms with E-state index in [1.165, 1.54) is 0 Å². The van der Waals surface area contributed by atoms with E-state index in [0.29, 0.717) is 12.8 Å². The summed E-state index contributed by atoms with van der Waals surface area (Å²) in [5.41, 5.74) is 0. The summed E-state index contributed by atoms with van der Waals surface area (Å²) in [6, 6.07) is -0.464. The topological polar surface area (TPSA) is 78.5 Å². The Bertz CT molecular complexity index is 337. The van der Waals surface area contributed by atoms with Crippen molar-refractivity contribution < 1.29 is 14.4 Å². The van der Waals surface area contributed by atoms with E-state index in [1.54, 1.807) is 4.90 Å². The van der Waals surface area contributed by atoms with Gasteiger partial charge in [0.2, 0.25) is 17.7 Å². The summed E-state index contributed by atoms with van der Waals surface area (Å²) in [6.07, 6.45) is 2.98. The largest absolute Gasteiger partial charge is 0.345 e. The molecule has 0 saturated carbocycles. The van der Waals surface area contributed by atoms with Crippen molar-refractivity contribution in [3.63, 3.8) is 0 Å². The molecule has 2 saturated heterocycles. The van der Waals surface area contributed by atoms with Crippen LogP contribution in [0.5, 0.6) is 0 Å². The summed E-state index contributed by atoms with van der Waals surface area (Å²) in [6.45, 7) is 1.61. The number of hydrogen-bond donors (Lipinski definition) is 2. The molecule has 2 aliphatic heterocycles. The van der Waals surface area contributed by atoms with Crippen LogP contribution in [0.15, 0.2) is 0 Å². The van der Waals surface area contributed by atoms with E-state index in [0.717, 1.165) is 25.9 Å². The maximum Gasteiger partial charge on any atom is 0.243 e. The second-order valence-electron chi connectivity index (χ2n) is 4.46. The Morgan fingerprint density at radius 2 is 2.06 bits per heavy atom. The molecule has 0 bridgehead atoms. The molecule has 0 aromatic carbocycles. The molecule has 17 heavy (non-hydrogen) atoms. The zero-order valence-electron chi connectivity index (χ0n) is 9.70. The first-order valence-electron chi connectivity index (χ1n) is 6.01. The summed E-state index contributed by atoms with van der Waals surface area (Å²) >= 11 is 0. The van der Waals surface area contributed by atoms with E-state index < -0.39 is 6.04 Å². The number of carbonyl (C=O) groups is 3. The predicted octanol–water partition coefficient (Wildman–Crippen LogP) is -0.996. The standard InChI is InChI=1S/C11H17N3O3/c15-9-4-3-8(13-9)11(17)12-7-10(16)14-5-1-2-6-14/h8H,1-7H2,(H,12,17)(H,13,15). The minimum absolute atomic E-state index is 0.0329. The lowest BCUT2D eigenvalue weighted by atomic mass is 10.2. The zero-order valence-corrected chi connectivity index (χ0v) is 9.70. The van der Waals surface area contributed by atoms with Gasteiger partial charge in [-0.15, -0.1) is 0 Å². The smallest absolute Gasteiger partial charge is 0.243 e. The average molecular weight is 239 g/mol. The molecule has 6 heteroatoms. The molecule has 2 aliphatic rings. The quantitative estimate of drug-likeness (QED) is 0.663. The van der Waals surface area contributed by atoms with Crippen molar-refractivity contribution >= 4 is 17.7 Å². The molecule has 1 atom stereocenters. The minimum atomic E-state index is -0.464. The van der Waals surface area contributed by atoms with E-state index in [1.807, 2.05) is 0 Å². The number of nitrogens with one attached hydrogen (secondary N) is 2. The third kappa shape index (κ3) is 2.95. The van der Waals surface area contributed by atoms with Gasteiger partial charge in [0.1, 0.15) is 6.04 Å². The Hall–Kier alpha value is -1.59. The second kappa shape index (κ2) is 5.16. The van der Waals surface area contributed by atoms with E-state index in [4.69, 9.17) is 0 Å². The fourth-order valence-electron chi connectivity index (χ4n) is 2.18. The molecule has 0 radical (unpaired) electrons. The van der Waals surface area contributed by atoms with Crippen molar-refractivity contribution in [2.75, 3.05) is 19.6 Å². The van der Waals surface area contributed by atoms with Crippen LogP contribution in [0.1, 0.15) is 25.7 Å². The van der Waals surface area contributed by atoms with Gasteiger partial charge in [-0.2, -0.15) is 0 Å². The molecule has 0 aromatic rings. The average Bonchev–Trinajstić information content (AvgIpc) is 2.95. The zero-order chi connectivity index (χ0) is 12.3. The highest BCUT2D eigenvalue weighted by Crippen LogP contribution is 2.08. The van der Waals surface area contributed by atoms with Gasteiger partial charge >= 0.3 is 0 Å². The summed E-state index contributed by atoms with van der Waals surface area (Å²) in [5.74, 6) is -0.403. The van der Waals surface area contributed by atoms with Crippen molar-refractivity contribution in [3.05, 3.63) is 0 Å². The van der Waals surface area contributed by atoms with Crippen LogP contribution in [-0.4, -0.2) is 48.3 Å². The van der Waals surface area contributed by atoms with Crippen molar-refractivity contribution in [2.24, 2.45) is 0 Å². The van der Waals surface area contributed by atoms with Gasteiger partial charge in [-0.3, -0.25) is 14.4 Å². The Balaban J connectivity index is 1.72. The van der Waals surface area contributed by atoms with Crippen LogP contribution < -0.4 is 10.6 Å². The molecule has 2 fully saturated rings. The Morgan fingerprint density at radius 3 is 2.65 bits per heavy atom. The Kier molecular flexibility index (Phi) is 3.61. The Morgan fingerprint density at radius 1 is 1.35 bits per heavy atom. The van der Waals surface area contributed by atoms with E-state index in [-0.39, 0.29) is 24.3 Å². The molecule has 3 amide bonds. The van der Waals surface area contributed by atoms with Gasteiger partial charge in [0, 0.05) is 19.5 Å². The van der Waals surface area contributed by atoms with Crippen LogP contribution in [0.4, 0.5) is 0 Å². The fourth-order valence-corrected chi connectivity index (χ4v) is 2.18. The summed E-state index contributed by atoms with van der Waals surface area (Å²) in [5, 5.41) is 5.15. The van der Waals surface area contributed by atoms with Crippen molar-refractivity contribution in [1.82, 2.24) is 15.5 Å². The molecule has 2 heterocycles. The first kappa shape index (κ1) is 11.9. The van der Waals surface area contributed by atoms with Gasteiger partial charge in [0.15, 0.2) is 0 Å². The van der Waals surface area contributed by atoms with Gasteiger partial charge in [-0.1, -0.05) is 0 Å². The lowest BCUT2D eigenvalue weighted by molar-refractivity contribution is -0.132. The molecule has 0 aliphatic carbocycles. The lowest BCUT2D eigenvalue weighted by Crippen LogP contribution is -2.45. The molecule has 0 aromatic heterocycles. The molecule has 0 spiro atoms. The Labute approximate surface area is 99.7 Å². The number of carbonyl (C=O) groups excluding carboxylic acids is 3. The number of amides is 3. The second-order valence-corrected chi connectivity index (χ2v) is 4.46. The molecular weight excluding hydrogens is 222 g/mol. The van der Waals surface area contributed by atoms with Crippen molar-refractivity contribution in [1.29, 1.82) is 0 Å². The normalized spacial score (nSPS) is 23.6. The number of nitrogens with zero attached hydrogens (tertiary/aromatic N) is 1. The summed E-state index contributed by atoms with van der Waals surface area (Å²) in [4.78, 5) is 36.0. The fraction of sp³-hybridized carbons (Fsp3) is 0.727. The molecule has 2 rings (SSSR count). The van der Waals surface area contributed by atoms with Gasteiger partial charge in [-0.05, 0) is 19.3 Å². The lowest BCUT2D eigenvalue weighted by Gasteiger charge is -2.16. The first-order chi connectivity index (χ1) is 8.16. The van der Waals surface area contributed by atoms with E-state index in [2.05, 4.69) is 10.6 Å². The van der Waals surface area contributed by atoms with Gasteiger partial charge < -0.3 is 15.5 Å². The number of hydrogen-bond acceptors (Lipinski definition) is 3. The molecule has 2 N–H and O–H groups in total. The third-order valence-corrected chi connectivity index (χ3v) is 3.18. The summed E-state index contributed by atoms with van der Waals surface area (Å²) < 4.78 is 0. The molecule has 6 nitrogen and oxygen atoms in total. The summed E-state index contributed by atoms with van der Waals surface area (Å²) in [7, 11) is 0. The molecule has 1 unspecified atom stereocenters. The van der Waals surface area contributed by atoms with Crippen molar-refractivity contribution in [3.8, 4) is 0 Å².